The first-order valence-corrected chi connectivity index (χ1v) is 6.92. The Hall–Kier alpha value is -1.43. The van der Waals surface area contributed by atoms with Crippen LogP contribution in [0.4, 0.5) is 5.69 Å². The molecule has 0 radical (unpaired) electrons. The number of halogens is 1. The number of amides is 1. The first-order chi connectivity index (χ1) is 8.88. The highest BCUT2D eigenvalue weighted by Gasteiger charge is 2.21. The lowest BCUT2D eigenvalue weighted by Gasteiger charge is -2.26. The Morgan fingerprint density at radius 3 is 2.58 bits per heavy atom. The molecule has 0 aliphatic heterocycles. The van der Waals surface area contributed by atoms with Crippen molar-refractivity contribution in [2.75, 3.05) is 6.54 Å². The van der Waals surface area contributed by atoms with Crippen LogP contribution in [0.15, 0.2) is 22.7 Å². The lowest BCUT2D eigenvalue weighted by atomic mass is 10.1. The molecule has 1 aromatic carbocycles. The molecule has 0 aromatic heterocycles. The number of benzene rings is 1. The maximum Gasteiger partial charge on any atom is 0.284 e. The summed E-state index contributed by atoms with van der Waals surface area (Å²) in [6, 6.07) is 4.52. The minimum atomic E-state index is -0.500. The van der Waals surface area contributed by atoms with Gasteiger partial charge in [0, 0.05) is 24.2 Å². The Morgan fingerprint density at radius 2 is 2.11 bits per heavy atom. The second kappa shape index (κ2) is 6.65. The highest BCUT2D eigenvalue weighted by molar-refractivity contribution is 9.10. The lowest BCUT2D eigenvalue weighted by Crippen LogP contribution is -2.37. The molecule has 19 heavy (non-hydrogen) atoms. The zero-order valence-electron chi connectivity index (χ0n) is 11.2. The molecule has 0 saturated carbocycles. The number of nitro benzene ring substituents is 1. The molecule has 0 fully saturated rings. The van der Waals surface area contributed by atoms with E-state index in [9.17, 15) is 14.9 Å². The Kier molecular flexibility index (Phi) is 5.47. The predicted octanol–water partition coefficient (Wildman–Crippen LogP) is 3.62. The average molecular weight is 329 g/mol. The third-order valence-electron chi connectivity index (χ3n) is 2.74. The van der Waals surface area contributed by atoms with Gasteiger partial charge in [-0.05, 0) is 48.3 Å². The van der Waals surface area contributed by atoms with E-state index in [2.05, 4.69) is 15.9 Å². The molecular formula is C13H17BrN2O3. The van der Waals surface area contributed by atoms with Crippen LogP contribution in [0.2, 0.25) is 0 Å². The first-order valence-electron chi connectivity index (χ1n) is 6.13. The number of nitrogens with zero attached hydrogens (tertiary/aromatic N) is 2. The van der Waals surface area contributed by atoms with Crippen molar-refractivity contribution in [3.05, 3.63) is 38.3 Å². The Bertz CT molecular complexity index is 489. The summed E-state index contributed by atoms with van der Waals surface area (Å²) >= 11 is 3.11. The molecule has 0 spiro atoms. The first kappa shape index (κ1) is 15.6. The normalized spacial score (nSPS) is 10.6. The average Bonchev–Trinajstić information content (AvgIpc) is 2.35. The van der Waals surface area contributed by atoms with E-state index in [1.54, 1.807) is 11.0 Å². The summed E-state index contributed by atoms with van der Waals surface area (Å²) in [7, 11) is 0. The van der Waals surface area contributed by atoms with Gasteiger partial charge < -0.3 is 4.90 Å². The van der Waals surface area contributed by atoms with E-state index >= 15 is 0 Å². The number of carbonyl (C=O) groups excluding carboxylic acids is 1. The highest BCUT2D eigenvalue weighted by atomic mass is 79.9. The number of rotatable bonds is 5. The fraction of sp³-hybridized carbons (Fsp3) is 0.462. The molecule has 0 aliphatic rings. The van der Waals surface area contributed by atoms with Crippen LogP contribution < -0.4 is 0 Å². The Labute approximate surface area is 120 Å². The van der Waals surface area contributed by atoms with Crippen LogP contribution in [0.5, 0.6) is 0 Å². The summed E-state index contributed by atoms with van der Waals surface area (Å²) in [4.78, 5) is 24.4. The van der Waals surface area contributed by atoms with Crippen molar-refractivity contribution in [3.63, 3.8) is 0 Å². The zero-order valence-corrected chi connectivity index (χ0v) is 12.8. The predicted molar refractivity (Wildman–Crippen MR) is 77.3 cm³/mol. The highest BCUT2D eigenvalue weighted by Crippen LogP contribution is 2.26. The van der Waals surface area contributed by atoms with Gasteiger partial charge in [-0.1, -0.05) is 6.92 Å². The Balaban J connectivity index is 3.11. The standard InChI is InChI=1S/C13H17BrN2O3/c1-4-7-15(9(2)3)13(17)10-5-6-11(14)12(8-10)16(18)19/h5-6,8-9H,4,7H2,1-3H3. The second-order valence-electron chi connectivity index (χ2n) is 4.52. The van der Waals surface area contributed by atoms with E-state index in [-0.39, 0.29) is 17.6 Å². The summed E-state index contributed by atoms with van der Waals surface area (Å²) in [6.07, 6.45) is 0.850. The van der Waals surface area contributed by atoms with Gasteiger partial charge >= 0.3 is 0 Å². The van der Waals surface area contributed by atoms with E-state index in [0.717, 1.165) is 6.42 Å². The van der Waals surface area contributed by atoms with Gasteiger partial charge in [-0.25, -0.2) is 0 Å². The molecule has 0 bridgehead atoms. The van der Waals surface area contributed by atoms with Crippen LogP contribution in [-0.4, -0.2) is 28.3 Å². The quantitative estimate of drug-likeness (QED) is 0.612. The number of carbonyl (C=O) groups is 1. The smallest absolute Gasteiger partial charge is 0.284 e. The van der Waals surface area contributed by atoms with Crippen LogP contribution in [0, 0.1) is 10.1 Å². The monoisotopic (exact) mass is 328 g/mol. The fourth-order valence-corrected chi connectivity index (χ4v) is 2.18. The number of nitro groups is 1. The summed E-state index contributed by atoms with van der Waals surface area (Å²) in [5.41, 5.74) is 0.253. The SMILES string of the molecule is CCCN(C(=O)c1ccc(Br)c([N+](=O)[O-])c1)C(C)C. The van der Waals surface area contributed by atoms with Crippen molar-refractivity contribution >= 4 is 27.5 Å². The van der Waals surface area contributed by atoms with Gasteiger partial charge in [0.05, 0.1) is 9.40 Å². The topological polar surface area (TPSA) is 63.5 Å². The molecule has 0 N–H and O–H groups in total. The molecule has 5 nitrogen and oxygen atoms in total. The summed E-state index contributed by atoms with van der Waals surface area (Å²) in [5.74, 6) is -0.174. The van der Waals surface area contributed by atoms with E-state index < -0.39 is 4.92 Å². The van der Waals surface area contributed by atoms with Crippen molar-refractivity contribution in [1.82, 2.24) is 4.90 Å². The zero-order chi connectivity index (χ0) is 14.6. The maximum atomic E-state index is 12.4. The van der Waals surface area contributed by atoms with Crippen LogP contribution in [0.1, 0.15) is 37.6 Å². The van der Waals surface area contributed by atoms with E-state index in [1.807, 2.05) is 20.8 Å². The third kappa shape index (κ3) is 3.76. The van der Waals surface area contributed by atoms with Crippen LogP contribution >= 0.6 is 15.9 Å². The minimum Gasteiger partial charge on any atom is -0.336 e. The lowest BCUT2D eigenvalue weighted by molar-refractivity contribution is -0.385. The minimum absolute atomic E-state index is 0.0650. The van der Waals surface area contributed by atoms with Crippen molar-refractivity contribution in [1.29, 1.82) is 0 Å². The summed E-state index contributed by atoms with van der Waals surface area (Å²) in [5, 5.41) is 10.9. The van der Waals surface area contributed by atoms with Gasteiger partial charge in [0.15, 0.2) is 0 Å². The third-order valence-corrected chi connectivity index (χ3v) is 3.41. The van der Waals surface area contributed by atoms with Crippen LogP contribution in [0.25, 0.3) is 0 Å². The molecule has 0 unspecified atom stereocenters. The molecule has 0 atom stereocenters. The second-order valence-corrected chi connectivity index (χ2v) is 5.37. The molecule has 1 aromatic rings. The molecule has 6 heteroatoms. The van der Waals surface area contributed by atoms with Crippen LogP contribution in [-0.2, 0) is 0 Å². The molecule has 104 valence electrons. The van der Waals surface area contributed by atoms with Gasteiger partial charge in [-0.2, -0.15) is 0 Å². The Morgan fingerprint density at radius 1 is 1.47 bits per heavy atom. The molecule has 1 amide bonds. The van der Waals surface area contributed by atoms with Gasteiger partial charge in [-0.3, -0.25) is 14.9 Å². The van der Waals surface area contributed by atoms with Crippen LogP contribution in [0.3, 0.4) is 0 Å². The van der Waals surface area contributed by atoms with Crippen molar-refractivity contribution < 1.29 is 9.72 Å². The van der Waals surface area contributed by atoms with Crippen molar-refractivity contribution in [2.45, 2.75) is 33.2 Å². The van der Waals surface area contributed by atoms with Gasteiger partial charge in [0.2, 0.25) is 0 Å². The molecule has 1 rings (SSSR count). The van der Waals surface area contributed by atoms with Crippen molar-refractivity contribution in [3.8, 4) is 0 Å². The van der Waals surface area contributed by atoms with E-state index in [0.29, 0.717) is 16.6 Å². The largest absolute Gasteiger partial charge is 0.336 e. The molecule has 0 aliphatic carbocycles. The fourth-order valence-electron chi connectivity index (χ4n) is 1.79. The molecule has 0 saturated heterocycles. The molecular weight excluding hydrogens is 312 g/mol. The van der Waals surface area contributed by atoms with Crippen molar-refractivity contribution in [2.24, 2.45) is 0 Å². The van der Waals surface area contributed by atoms with Gasteiger partial charge in [0.1, 0.15) is 0 Å². The van der Waals surface area contributed by atoms with E-state index in [1.165, 1.54) is 12.1 Å². The molecule has 0 heterocycles. The maximum absolute atomic E-state index is 12.4. The number of hydrogen-bond donors (Lipinski definition) is 0. The van der Waals surface area contributed by atoms with Gasteiger partial charge in [0.25, 0.3) is 11.6 Å². The van der Waals surface area contributed by atoms with E-state index in [4.69, 9.17) is 0 Å². The number of hydrogen-bond acceptors (Lipinski definition) is 3. The van der Waals surface area contributed by atoms with Gasteiger partial charge in [-0.15, -0.1) is 0 Å². The summed E-state index contributed by atoms with van der Waals surface area (Å²) in [6.45, 7) is 6.49. The summed E-state index contributed by atoms with van der Waals surface area (Å²) < 4.78 is 0.376.